The van der Waals surface area contributed by atoms with Crippen molar-refractivity contribution in [3.8, 4) is 11.4 Å². The lowest BCUT2D eigenvalue weighted by Gasteiger charge is -2.07. The Bertz CT molecular complexity index is 594. The second kappa shape index (κ2) is 5.78. The predicted octanol–water partition coefficient (Wildman–Crippen LogP) is 2.83. The second-order valence-corrected chi connectivity index (χ2v) is 4.64. The maximum absolute atomic E-state index is 12.0. The van der Waals surface area contributed by atoms with Crippen molar-refractivity contribution in [3.63, 3.8) is 0 Å². The molecule has 1 aromatic heterocycles. The van der Waals surface area contributed by atoms with Crippen LogP contribution in [-0.2, 0) is 6.42 Å². The van der Waals surface area contributed by atoms with Gasteiger partial charge in [-0.15, -0.1) is 0 Å². The molecule has 0 saturated carbocycles. The van der Waals surface area contributed by atoms with Gasteiger partial charge in [-0.3, -0.25) is 14.6 Å². The molecule has 4 nitrogen and oxygen atoms in total. The van der Waals surface area contributed by atoms with Crippen molar-refractivity contribution < 1.29 is 4.74 Å². The third kappa shape index (κ3) is 2.72. The molecule has 4 heteroatoms. The summed E-state index contributed by atoms with van der Waals surface area (Å²) in [7, 11) is 1.64. The number of ether oxygens (including phenoxy) is 1. The van der Waals surface area contributed by atoms with E-state index in [2.05, 4.69) is 12.0 Å². The quantitative estimate of drug-likeness (QED) is 0.898. The molecule has 0 aliphatic heterocycles. The fourth-order valence-corrected chi connectivity index (χ4v) is 2.19. The monoisotopic (exact) mass is 260 g/mol. The summed E-state index contributed by atoms with van der Waals surface area (Å²) in [5.74, 6) is 0.808. The Morgan fingerprint density at radius 1 is 1.26 bits per heavy atom. The van der Waals surface area contributed by atoms with Crippen LogP contribution in [0.15, 0.2) is 29.1 Å². The zero-order chi connectivity index (χ0) is 13.8. The van der Waals surface area contributed by atoms with Gasteiger partial charge in [0.25, 0.3) is 5.56 Å². The fourth-order valence-electron chi connectivity index (χ4n) is 2.19. The number of aromatic amines is 1. The molecule has 0 spiro atoms. The summed E-state index contributed by atoms with van der Waals surface area (Å²) in [6, 6.07) is 7.65. The Morgan fingerprint density at radius 3 is 2.53 bits per heavy atom. The first-order valence-electron chi connectivity index (χ1n) is 6.62. The second-order valence-electron chi connectivity index (χ2n) is 4.64. The van der Waals surface area contributed by atoms with Gasteiger partial charge in [-0.25, -0.2) is 0 Å². The minimum absolute atomic E-state index is 0.0155. The van der Waals surface area contributed by atoms with E-state index in [4.69, 9.17) is 4.74 Å². The Labute approximate surface area is 113 Å². The summed E-state index contributed by atoms with van der Waals surface area (Å²) < 4.78 is 6.98. The summed E-state index contributed by atoms with van der Waals surface area (Å²) >= 11 is 0. The van der Waals surface area contributed by atoms with Gasteiger partial charge >= 0.3 is 0 Å². The minimum Gasteiger partial charge on any atom is -0.497 e. The number of methoxy groups -OCH3 is 1. The molecule has 0 fully saturated rings. The van der Waals surface area contributed by atoms with Crippen LogP contribution in [0.5, 0.6) is 5.75 Å². The van der Waals surface area contributed by atoms with Crippen LogP contribution < -0.4 is 10.3 Å². The van der Waals surface area contributed by atoms with E-state index in [0.717, 1.165) is 42.0 Å². The van der Waals surface area contributed by atoms with Crippen LogP contribution in [0.3, 0.4) is 0 Å². The van der Waals surface area contributed by atoms with Gasteiger partial charge in [-0.1, -0.05) is 13.3 Å². The molecule has 0 saturated heterocycles. The van der Waals surface area contributed by atoms with Crippen LogP contribution in [0.2, 0.25) is 0 Å². The van der Waals surface area contributed by atoms with E-state index in [1.807, 2.05) is 35.9 Å². The fraction of sp³-hybridized carbons (Fsp3) is 0.400. The Balaban J connectivity index is 2.36. The van der Waals surface area contributed by atoms with Crippen LogP contribution in [0.25, 0.3) is 5.69 Å². The van der Waals surface area contributed by atoms with Crippen molar-refractivity contribution in [2.45, 2.75) is 33.1 Å². The number of hydrogen-bond acceptors (Lipinski definition) is 2. The molecule has 1 N–H and O–H groups in total. The first-order valence-corrected chi connectivity index (χ1v) is 6.62. The SMILES string of the molecule is CCCCc1c(C)n(-c2ccc(OC)cc2)[nH]c1=O. The lowest BCUT2D eigenvalue weighted by atomic mass is 10.1. The zero-order valence-electron chi connectivity index (χ0n) is 11.7. The van der Waals surface area contributed by atoms with E-state index in [1.165, 1.54) is 0 Å². The van der Waals surface area contributed by atoms with Crippen molar-refractivity contribution in [2.24, 2.45) is 0 Å². The number of nitrogens with zero attached hydrogens (tertiary/aromatic N) is 1. The molecule has 19 heavy (non-hydrogen) atoms. The Morgan fingerprint density at radius 2 is 1.95 bits per heavy atom. The summed E-state index contributed by atoms with van der Waals surface area (Å²) in [5.41, 5.74) is 2.83. The first kappa shape index (κ1) is 13.5. The highest BCUT2D eigenvalue weighted by atomic mass is 16.5. The Kier molecular flexibility index (Phi) is 4.10. The molecule has 0 amide bonds. The molecule has 0 aliphatic rings. The van der Waals surface area contributed by atoms with Gasteiger partial charge in [-0.05, 0) is 44.0 Å². The summed E-state index contributed by atoms with van der Waals surface area (Å²) in [6.45, 7) is 4.11. The normalized spacial score (nSPS) is 10.7. The van der Waals surface area contributed by atoms with E-state index < -0.39 is 0 Å². The van der Waals surface area contributed by atoms with Crippen molar-refractivity contribution in [1.82, 2.24) is 9.78 Å². The molecule has 0 bridgehead atoms. The van der Waals surface area contributed by atoms with Crippen molar-refractivity contribution in [3.05, 3.63) is 45.9 Å². The molecule has 2 rings (SSSR count). The average Bonchev–Trinajstić information content (AvgIpc) is 2.72. The average molecular weight is 260 g/mol. The number of rotatable bonds is 5. The maximum Gasteiger partial charge on any atom is 0.267 e. The van der Waals surface area contributed by atoms with Gasteiger partial charge in [0.1, 0.15) is 5.75 Å². The molecule has 0 unspecified atom stereocenters. The number of aromatic nitrogens is 2. The van der Waals surface area contributed by atoms with Crippen LogP contribution in [0.1, 0.15) is 31.0 Å². The smallest absolute Gasteiger partial charge is 0.267 e. The molecule has 1 aromatic carbocycles. The van der Waals surface area contributed by atoms with Gasteiger partial charge in [0, 0.05) is 11.3 Å². The lowest BCUT2D eigenvalue weighted by Crippen LogP contribution is -2.07. The van der Waals surface area contributed by atoms with E-state index in [0.29, 0.717) is 0 Å². The van der Waals surface area contributed by atoms with E-state index in [9.17, 15) is 4.79 Å². The molecule has 0 radical (unpaired) electrons. The van der Waals surface area contributed by atoms with Gasteiger partial charge in [0.15, 0.2) is 0 Å². The molecular formula is C15H20N2O2. The van der Waals surface area contributed by atoms with Gasteiger partial charge < -0.3 is 4.74 Å². The predicted molar refractivity (Wildman–Crippen MR) is 76.3 cm³/mol. The van der Waals surface area contributed by atoms with Crippen LogP contribution in [0.4, 0.5) is 0 Å². The molecular weight excluding hydrogens is 240 g/mol. The maximum atomic E-state index is 12.0. The van der Waals surface area contributed by atoms with Crippen LogP contribution >= 0.6 is 0 Å². The zero-order valence-corrected chi connectivity index (χ0v) is 11.7. The highest BCUT2D eigenvalue weighted by Gasteiger charge is 2.11. The van der Waals surface area contributed by atoms with Crippen LogP contribution in [0, 0.1) is 6.92 Å². The number of unbranched alkanes of at least 4 members (excludes halogenated alkanes) is 1. The van der Waals surface area contributed by atoms with E-state index >= 15 is 0 Å². The summed E-state index contributed by atoms with van der Waals surface area (Å²) in [4.78, 5) is 12.0. The van der Waals surface area contributed by atoms with Gasteiger partial charge in [-0.2, -0.15) is 0 Å². The minimum atomic E-state index is 0.0155. The third-order valence-corrected chi connectivity index (χ3v) is 3.37. The molecule has 0 atom stereocenters. The van der Waals surface area contributed by atoms with Crippen molar-refractivity contribution in [2.75, 3.05) is 7.11 Å². The van der Waals surface area contributed by atoms with Gasteiger partial charge in [0.2, 0.25) is 0 Å². The van der Waals surface area contributed by atoms with Crippen molar-refractivity contribution in [1.29, 1.82) is 0 Å². The molecule has 1 heterocycles. The number of benzene rings is 1. The van der Waals surface area contributed by atoms with E-state index in [1.54, 1.807) is 7.11 Å². The highest BCUT2D eigenvalue weighted by Crippen LogP contribution is 2.17. The van der Waals surface area contributed by atoms with Crippen molar-refractivity contribution >= 4 is 0 Å². The third-order valence-electron chi connectivity index (χ3n) is 3.37. The molecule has 2 aromatic rings. The topological polar surface area (TPSA) is 47.0 Å². The summed E-state index contributed by atoms with van der Waals surface area (Å²) in [6.07, 6.45) is 2.96. The van der Waals surface area contributed by atoms with Gasteiger partial charge in [0.05, 0.1) is 12.8 Å². The molecule has 0 aliphatic carbocycles. The standard InChI is InChI=1S/C15H20N2O2/c1-4-5-6-14-11(2)17(16-15(14)18)12-7-9-13(19-3)10-8-12/h7-10H,4-6H2,1-3H3,(H,16,18). The number of hydrogen-bond donors (Lipinski definition) is 1. The number of nitrogens with one attached hydrogen (secondary N) is 1. The first-order chi connectivity index (χ1) is 9.17. The Hall–Kier alpha value is -1.97. The van der Waals surface area contributed by atoms with E-state index in [-0.39, 0.29) is 5.56 Å². The lowest BCUT2D eigenvalue weighted by molar-refractivity contribution is 0.414. The van der Waals surface area contributed by atoms with Crippen LogP contribution in [-0.4, -0.2) is 16.9 Å². The number of H-pyrrole nitrogens is 1. The molecule has 102 valence electrons. The largest absolute Gasteiger partial charge is 0.497 e. The highest BCUT2D eigenvalue weighted by molar-refractivity contribution is 5.39. The summed E-state index contributed by atoms with van der Waals surface area (Å²) in [5, 5.41) is 2.90.